The maximum Gasteiger partial charge on any atom is 0.373 e. The minimum atomic E-state index is 0.250. The van der Waals surface area contributed by atoms with Crippen LogP contribution in [-0.4, -0.2) is 6.15 Å². The second-order valence-electron chi connectivity index (χ2n) is 2.88. The van der Waals surface area contributed by atoms with Crippen LogP contribution in [0.15, 0.2) is 41.8 Å². The molecule has 76 valence electrons. The Bertz CT molecular complexity index is 440. The van der Waals surface area contributed by atoms with Crippen molar-refractivity contribution in [2.45, 2.75) is 6.92 Å². The van der Waals surface area contributed by atoms with Gasteiger partial charge in [0.05, 0.1) is 0 Å². The first-order chi connectivity index (χ1) is 7.29. The first-order valence-electron chi connectivity index (χ1n) is 4.38. The van der Waals surface area contributed by atoms with Crippen molar-refractivity contribution in [3.05, 3.63) is 47.3 Å². The summed E-state index contributed by atoms with van der Waals surface area (Å²) in [6, 6.07) is 12.7. The van der Waals surface area contributed by atoms with Gasteiger partial charge in [0.2, 0.25) is 0 Å². The summed E-state index contributed by atoms with van der Waals surface area (Å²) < 4.78 is 0. The number of hydrogen-bond donors (Lipinski definition) is 0. The summed E-state index contributed by atoms with van der Waals surface area (Å²) in [6.07, 6.45) is 0.250. The van der Waals surface area contributed by atoms with E-state index in [1.54, 1.807) is 11.3 Å². The molecule has 1 aromatic carbocycles. The summed E-state index contributed by atoms with van der Waals surface area (Å²) in [7, 11) is 0. The highest BCUT2D eigenvalue weighted by molar-refractivity contribution is 7.13. The molecular formula is C12H10O2S. The van der Waals surface area contributed by atoms with Crippen molar-refractivity contribution in [1.82, 2.24) is 0 Å². The second-order valence-corrected chi connectivity index (χ2v) is 3.82. The fourth-order valence-corrected chi connectivity index (χ4v) is 2.10. The predicted molar refractivity (Wildman–Crippen MR) is 59.5 cm³/mol. The third-order valence-electron chi connectivity index (χ3n) is 1.93. The first-order valence-corrected chi connectivity index (χ1v) is 5.26. The summed E-state index contributed by atoms with van der Waals surface area (Å²) in [5.74, 6) is 0. The SMILES string of the molecule is Cc1ccccc1-c1cccs1.O=C=O. The monoisotopic (exact) mass is 218 g/mol. The van der Waals surface area contributed by atoms with Crippen molar-refractivity contribution in [3.63, 3.8) is 0 Å². The van der Waals surface area contributed by atoms with Crippen LogP contribution in [-0.2, 0) is 9.59 Å². The molecule has 2 rings (SSSR count). The smallest absolute Gasteiger partial charge is 0.186 e. The topological polar surface area (TPSA) is 34.1 Å². The van der Waals surface area contributed by atoms with Gasteiger partial charge in [0.1, 0.15) is 0 Å². The fraction of sp³-hybridized carbons (Fsp3) is 0.0833. The Morgan fingerprint density at radius 1 is 1.07 bits per heavy atom. The molecule has 0 aliphatic rings. The van der Waals surface area contributed by atoms with E-state index in [-0.39, 0.29) is 6.15 Å². The van der Waals surface area contributed by atoms with Crippen molar-refractivity contribution in [2.75, 3.05) is 0 Å². The van der Waals surface area contributed by atoms with Gasteiger partial charge in [0.15, 0.2) is 0 Å². The average Bonchev–Trinajstić information content (AvgIpc) is 2.72. The van der Waals surface area contributed by atoms with Gasteiger partial charge >= 0.3 is 6.15 Å². The Kier molecular flexibility index (Phi) is 4.48. The van der Waals surface area contributed by atoms with E-state index in [4.69, 9.17) is 9.59 Å². The van der Waals surface area contributed by atoms with E-state index in [2.05, 4.69) is 48.7 Å². The molecule has 0 unspecified atom stereocenters. The van der Waals surface area contributed by atoms with Crippen LogP contribution in [0.3, 0.4) is 0 Å². The molecule has 15 heavy (non-hydrogen) atoms. The molecule has 1 heterocycles. The molecule has 0 radical (unpaired) electrons. The molecule has 1 aromatic heterocycles. The number of hydrogen-bond acceptors (Lipinski definition) is 3. The summed E-state index contributed by atoms with van der Waals surface area (Å²) in [5, 5.41) is 2.11. The van der Waals surface area contributed by atoms with Gasteiger partial charge in [-0.3, -0.25) is 0 Å². The highest BCUT2D eigenvalue weighted by Crippen LogP contribution is 2.26. The van der Waals surface area contributed by atoms with Crippen LogP contribution in [0.5, 0.6) is 0 Å². The Labute approximate surface area is 92.2 Å². The van der Waals surface area contributed by atoms with Crippen molar-refractivity contribution in [1.29, 1.82) is 0 Å². The zero-order valence-corrected chi connectivity index (χ0v) is 9.08. The average molecular weight is 218 g/mol. The number of thiophene rings is 1. The summed E-state index contributed by atoms with van der Waals surface area (Å²) in [6.45, 7) is 2.15. The summed E-state index contributed by atoms with van der Waals surface area (Å²) in [5.41, 5.74) is 2.70. The maximum absolute atomic E-state index is 8.12. The Balaban J connectivity index is 0.000000337. The molecule has 0 atom stereocenters. The van der Waals surface area contributed by atoms with Gasteiger partial charge in [-0.2, -0.15) is 9.59 Å². The quantitative estimate of drug-likeness (QED) is 0.736. The molecule has 0 amide bonds. The van der Waals surface area contributed by atoms with Gasteiger partial charge in [0, 0.05) is 4.88 Å². The predicted octanol–water partition coefficient (Wildman–Crippen LogP) is 3.14. The third kappa shape index (κ3) is 3.17. The molecule has 0 saturated heterocycles. The van der Waals surface area contributed by atoms with E-state index in [0.717, 1.165) is 0 Å². The molecule has 2 aromatic rings. The minimum Gasteiger partial charge on any atom is -0.186 e. The van der Waals surface area contributed by atoms with Crippen molar-refractivity contribution < 1.29 is 9.59 Å². The van der Waals surface area contributed by atoms with Crippen molar-refractivity contribution in [3.8, 4) is 10.4 Å². The van der Waals surface area contributed by atoms with E-state index in [9.17, 15) is 0 Å². The van der Waals surface area contributed by atoms with Crippen LogP contribution < -0.4 is 0 Å². The molecule has 3 heteroatoms. The van der Waals surface area contributed by atoms with Gasteiger partial charge in [-0.05, 0) is 29.5 Å². The largest absolute Gasteiger partial charge is 0.373 e. The van der Waals surface area contributed by atoms with Crippen LogP contribution in [0.2, 0.25) is 0 Å². The lowest BCUT2D eigenvalue weighted by molar-refractivity contribution is -0.191. The van der Waals surface area contributed by atoms with Crippen LogP contribution >= 0.6 is 11.3 Å². The fourth-order valence-electron chi connectivity index (χ4n) is 1.28. The van der Waals surface area contributed by atoms with E-state index in [0.29, 0.717) is 0 Å². The Morgan fingerprint density at radius 3 is 2.27 bits per heavy atom. The minimum absolute atomic E-state index is 0.250. The molecular weight excluding hydrogens is 208 g/mol. The molecule has 0 N–H and O–H groups in total. The van der Waals surface area contributed by atoms with E-state index < -0.39 is 0 Å². The molecule has 0 saturated carbocycles. The maximum atomic E-state index is 8.12. The molecule has 0 aliphatic carbocycles. The van der Waals surface area contributed by atoms with Gasteiger partial charge in [-0.15, -0.1) is 11.3 Å². The van der Waals surface area contributed by atoms with Crippen LogP contribution in [0.4, 0.5) is 0 Å². The lowest BCUT2D eigenvalue weighted by Gasteiger charge is -2.00. The first kappa shape index (κ1) is 11.4. The number of carbonyl (C=O) groups excluding carboxylic acids is 2. The Morgan fingerprint density at radius 2 is 1.73 bits per heavy atom. The van der Waals surface area contributed by atoms with Gasteiger partial charge in [-0.1, -0.05) is 30.3 Å². The molecule has 0 bridgehead atoms. The lowest BCUT2D eigenvalue weighted by Crippen LogP contribution is -1.76. The molecule has 0 spiro atoms. The number of aryl methyl sites for hydroxylation is 1. The molecule has 0 aliphatic heterocycles. The number of benzene rings is 1. The van der Waals surface area contributed by atoms with E-state index in [1.807, 2.05) is 0 Å². The van der Waals surface area contributed by atoms with Crippen LogP contribution in [0.1, 0.15) is 5.56 Å². The highest BCUT2D eigenvalue weighted by Gasteiger charge is 1.99. The number of rotatable bonds is 1. The molecule has 0 fully saturated rings. The van der Waals surface area contributed by atoms with Crippen LogP contribution in [0.25, 0.3) is 10.4 Å². The molecule has 2 nitrogen and oxygen atoms in total. The van der Waals surface area contributed by atoms with Gasteiger partial charge in [-0.25, -0.2) is 0 Å². The lowest BCUT2D eigenvalue weighted by atomic mass is 10.1. The normalized spacial score (nSPS) is 8.60. The van der Waals surface area contributed by atoms with Crippen molar-refractivity contribution in [2.24, 2.45) is 0 Å². The van der Waals surface area contributed by atoms with Crippen molar-refractivity contribution >= 4 is 17.5 Å². The summed E-state index contributed by atoms with van der Waals surface area (Å²) in [4.78, 5) is 17.6. The van der Waals surface area contributed by atoms with Gasteiger partial charge in [0.25, 0.3) is 0 Å². The standard InChI is InChI=1S/C11H10S.CO2/c1-9-5-2-3-6-10(9)11-7-4-8-12-11;2-1-3/h2-8H,1H3;. The zero-order chi connectivity index (χ0) is 11.1. The zero-order valence-electron chi connectivity index (χ0n) is 8.27. The third-order valence-corrected chi connectivity index (χ3v) is 2.83. The second kappa shape index (κ2) is 5.91. The van der Waals surface area contributed by atoms with Crippen LogP contribution in [0, 0.1) is 6.92 Å². The highest BCUT2D eigenvalue weighted by atomic mass is 32.1. The van der Waals surface area contributed by atoms with E-state index in [1.165, 1.54) is 16.0 Å². The summed E-state index contributed by atoms with van der Waals surface area (Å²) >= 11 is 1.79. The Hall–Kier alpha value is -1.70. The van der Waals surface area contributed by atoms with Gasteiger partial charge < -0.3 is 0 Å². The van der Waals surface area contributed by atoms with E-state index >= 15 is 0 Å².